The average molecular weight is 613 g/mol. The standard InChI is InChI=1S/C37H32N4O5/c1-2-17-40(28-10-4-3-5-11-28)36(44)26-15-16-32(39-21-24-18-27(23-39)31-12-8-14-34(42)41(31)22-24)30(20-26)38-35(43)29-19-25-9-6-7-13-33(25)46-37(29)45/h2-16,19-20,24,27H,1,17-18,21-23H2,(H,38,43). The number of hydrogen-bond donors (Lipinski definition) is 1. The monoisotopic (exact) mass is 612 g/mol. The number of piperidine rings is 1. The third-order valence-electron chi connectivity index (χ3n) is 8.82. The summed E-state index contributed by atoms with van der Waals surface area (Å²) in [6, 6.07) is 28.5. The number of carbonyl (C=O) groups is 2. The number of aromatic nitrogens is 1. The summed E-state index contributed by atoms with van der Waals surface area (Å²) < 4.78 is 7.31. The molecule has 46 heavy (non-hydrogen) atoms. The smallest absolute Gasteiger partial charge is 0.349 e. The summed E-state index contributed by atoms with van der Waals surface area (Å²) in [7, 11) is 0. The zero-order chi connectivity index (χ0) is 31.8. The van der Waals surface area contributed by atoms with Crippen LogP contribution in [0.25, 0.3) is 11.0 Å². The topological polar surface area (TPSA) is 105 Å². The molecule has 1 fully saturated rings. The molecule has 230 valence electrons. The fourth-order valence-corrected chi connectivity index (χ4v) is 6.75. The quantitative estimate of drug-likeness (QED) is 0.188. The minimum absolute atomic E-state index is 0.00757. The predicted molar refractivity (Wildman–Crippen MR) is 179 cm³/mol. The molecule has 0 radical (unpaired) electrons. The summed E-state index contributed by atoms with van der Waals surface area (Å²) in [5.74, 6) is -0.544. The van der Waals surface area contributed by atoms with Gasteiger partial charge >= 0.3 is 5.63 Å². The van der Waals surface area contributed by atoms with Crippen molar-refractivity contribution in [2.75, 3.05) is 34.8 Å². The van der Waals surface area contributed by atoms with Gasteiger partial charge in [-0.15, -0.1) is 6.58 Å². The van der Waals surface area contributed by atoms with Crippen molar-refractivity contribution >= 4 is 39.8 Å². The number of para-hydroxylation sites is 2. The predicted octanol–water partition coefficient (Wildman–Crippen LogP) is 5.66. The van der Waals surface area contributed by atoms with Gasteiger partial charge in [0, 0.05) is 60.5 Å². The normalized spacial score (nSPS) is 16.8. The lowest BCUT2D eigenvalue weighted by Crippen LogP contribution is -2.47. The Morgan fingerprint density at radius 2 is 1.72 bits per heavy atom. The fourth-order valence-electron chi connectivity index (χ4n) is 6.75. The third-order valence-corrected chi connectivity index (χ3v) is 8.82. The van der Waals surface area contributed by atoms with E-state index in [9.17, 15) is 19.2 Å². The lowest BCUT2D eigenvalue weighted by Gasteiger charge is -2.44. The van der Waals surface area contributed by atoms with E-state index in [-0.39, 0.29) is 28.9 Å². The zero-order valence-corrected chi connectivity index (χ0v) is 25.1. The van der Waals surface area contributed by atoms with Crippen LogP contribution in [-0.4, -0.2) is 36.0 Å². The Balaban J connectivity index is 1.27. The first kappa shape index (κ1) is 29.0. The van der Waals surface area contributed by atoms with Crippen molar-refractivity contribution in [2.24, 2.45) is 5.92 Å². The molecule has 2 unspecified atom stereocenters. The number of pyridine rings is 1. The zero-order valence-electron chi connectivity index (χ0n) is 25.1. The molecule has 0 aliphatic carbocycles. The van der Waals surface area contributed by atoms with E-state index in [4.69, 9.17) is 4.42 Å². The summed E-state index contributed by atoms with van der Waals surface area (Å²) in [5, 5.41) is 3.57. The van der Waals surface area contributed by atoms with Gasteiger partial charge in [0.05, 0.1) is 11.4 Å². The molecule has 0 saturated carbocycles. The summed E-state index contributed by atoms with van der Waals surface area (Å²) in [5.41, 5.74) is 2.73. The van der Waals surface area contributed by atoms with Crippen LogP contribution in [0.1, 0.15) is 38.7 Å². The second-order valence-corrected chi connectivity index (χ2v) is 11.8. The average Bonchev–Trinajstić information content (AvgIpc) is 3.07. The van der Waals surface area contributed by atoms with E-state index in [0.29, 0.717) is 54.1 Å². The van der Waals surface area contributed by atoms with Crippen molar-refractivity contribution in [3.63, 3.8) is 0 Å². The lowest BCUT2D eigenvalue weighted by atomic mass is 9.83. The lowest BCUT2D eigenvalue weighted by molar-refractivity contribution is 0.0986. The highest BCUT2D eigenvalue weighted by atomic mass is 16.4. The molecule has 5 aromatic rings. The first-order chi connectivity index (χ1) is 22.4. The van der Waals surface area contributed by atoms with E-state index in [0.717, 1.165) is 17.8 Å². The summed E-state index contributed by atoms with van der Waals surface area (Å²) in [6.45, 7) is 6.03. The highest BCUT2D eigenvalue weighted by Crippen LogP contribution is 2.39. The van der Waals surface area contributed by atoms with Crippen molar-refractivity contribution in [2.45, 2.75) is 18.9 Å². The molecule has 2 amide bonds. The van der Waals surface area contributed by atoms with E-state index in [1.54, 1.807) is 59.5 Å². The molecule has 3 aromatic carbocycles. The molecule has 2 aliphatic heterocycles. The molecule has 1 saturated heterocycles. The van der Waals surface area contributed by atoms with Gasteiger partial charge < -0.3 is 24.1 Å². The summed E-state index contributed by atoms with van der Waals surface area (Å²) in [4.78, 5) is 56.9. The number of nitrogens with zero attached hydrogens (tertiary/aromatic N) is 3. The van der Waals surface area contributed by atoms with Crippen LogP contribution in [0.5, 0.6) is 0 Å². The van der Waals surface area contributed by atoms with Gasteiger partial charge in [0.1, 0.15) is 11.1 Å². The molecule has 4 heterocycles. The van der Waals surface area contributed by atoms with Crippen molar-refractivity contribution in [1.82, 2.24) is 4.57 Å². The Bertz CT molecular complexity index is 2100. The van der Waals surface area contributed by atoms with Crippen molar-refractivity contribution in [3.05, 3.63) is 147 Å². The van der Waals surface area contributed by atoms with Gasteiger partial charge in [-0.1, -0.05) is 48.5 Å². The van der Waals surface area contributed by atoms with Crippen LogP contribution >= 0.6 is 0 Å². The second-order valence-electron chi connectivity index (χ2n) is 11.8. The SMILES string of the molecule is C=CCN(C(=O)c1ccc(N2CC3CC(C2)c2cccc(=O)n2C3)c(NC(=O)c2cc3ccccc3oc2=O)c1)c1ccccc1. The van der Waals surface area contributed by atoms with Crippen LogP contribution < -0.4 is 26.3 Å². The third kappa shape index (κ3) is 5.40. The molecular weight excluding hydrogens is 580 g/mol. The first-order valence-electron chi connectivity index (χ1n) is 15.3. The molecule has 0 spiro atoms. The Kier molecular flexibility index (Phi) is 7.58. The highest BCUT2D eigenvalue weighted by molar-refractivity contribution is 6.10. The van der Waals surface area contributed by atoms with Gasteiger partial charge in [0.2, 0.25) is 0 Å². The van der Waals surface area contributed by atoms with Crippen LogP contribution in [-0.2, 0) is 6.54 Å². The summed E-state index contributed by atoms with van der Waals surface area (Å²) in [6.07, 6.45) is 2.63. The van der Waals surface area contributed by atoms with Crippen molar-refractivity contribution in [1.29, 1.82) is 0 Å². The molecule has 1 N–H and O–H groups in total. The van der Waals surface area contributed by atoms with E-state index in [1.807, 2.05) is 47.0 Å². The maximum Gasteiger partial charge on any atom is 0.349 e. The van der Waals surface area contributed by atoms with Crippen molar-refractivity contribution < 1.29 is 14.0 Å². The molecular formula is C37H32N4O5. The van der Waals surface area contributed by atoms with Gasteiger partial charge in [-0.2, -0.15) is 0 Å². The maximum atomic E-state index is 13.9. The van der Waals surface area contributed by atoms with Gasteiger partial charge in [0.15, 0.2) is 0 Å². The number of carbonyl (C=O) groups excluding carboxylic acids is 2. The van der Waals surface area contributed by atoms with E-state index >= 15 is 0 Å². The Morgan fingerprint density at radius 1 is 0.913 bits per heavy atom. The van der Waals surface area contributed by atoms with Crippen LogP contribution in [0.4, 0.5) is 17.1 Å². The van der Waals surface area contributed by atoms with Crippen LogP contribution in [0.3, 0.4) is 0 Å². The number of anilines is 3. The van der Waals surface area contributed by atoms with E-state index < -0.39 is 11.5 Å². The Hall–Kier alpha value is -5.70. The molecule has 2 bridgehead atoms. The second kappa shape index (κ2) is 12.0. The molecule has 2 aliphatic rings. The molecule has 9 nitrogen and oxygen atoms in total. The minimum Gasteiger partial charge on any atom is -0.422 e. The summed E-state index contributed by atoms with van der Waals surface area (Å²) >= 11 is 0. The highest BCUT2D eigenvalue weighted by Gasteiger charge is 2.35. The van der Waals surface area contributed by atoms with Crippen LogP contribution in [0.2, 0.25) is 0 Å². The molecule has 2 atom stereocenters. The van der Waals surface area contributed by atoms with Gasteiger partial charge in [0.25, 0.3) is 17.4 Å². The largest absolute Gasteiger partial charge is 0.422 e. The number of fused-ring (bicyclic) bond motifs is 5. The van der Waals surface area contributed by atoms with E-state index in [2.05, 4.69) is 16.8 Å². The first-order valence-corrected chi connectivity index (χ1v) is 15.3. The van der Waals surface area contributed by atoms with Crippen LogP contribution in [0, 0.1) is 5.92 Å². The van der Waals surface area contributed by atoms with Gasteiger partial charge in [-0.3, -0.25) is 14.4 Å². The van der Waals surface area contributed by atoms with Crippen molar-refractivity contribution in [3.8, 4) is 0 Å². The maximum absolute atomic E-state index is 13.9. The number of nitrogens with one attached hydrogen (secondary N) is 1. The number of rotatable bonds is 7. The van der Waals surface area contributed by atoms with Gasteiger partial charge in [-0.05, 0) is 60.9 Å². The Morgan fingerprint density at radius 3 is 2.54 bits per heavy atom. The Labute approximate surface area is 265 Å². The number of benzene rings is 3. The molecule has 2 aromatic heterocycles. The molecule has 9 heteroatoms. The number of hydrogen-bond acceptors (Lipinski definition) is 6. The fraction of sp³-hybridized carbons (Fsp3) is 0.189. The van der Waals surface area contributed by atoms with Crippen LogP contribution in [0.15, 0.2) is 124 Å². The van der Waals surface area contributed by atoms with E-state index in [1.165, 1.54) is 6.07 Å². The number of amides is 2. The molecule has 7 rings (SSSR count). The van der Waals surface area contributed by atoms with Gasteiger partial charge in [-0.25, -0.2) is 4.79 Å². The minimum atomic E-state index is -0.749.